The highest BCUT2D eigenvalue weighted by Crippen LogP contribution is 2.22. The molecule has 33 heavy (non-hydrogen) atoms. The molecule has 1 aromatic carbocycles. The first kappa shape index (κ1) is 22.6. The Labute approximate surface area is 193 Å². The predicted octanol–water partition coefficient (Wildman–Crippen LogP) is 4.27. The summed E-state index contributed by atoms with van der Waals surface area (Å²) >= 11 is 5.96. The Bertz CT molecular complexity index is 1350. The molecule has 3 aromatic heterocycles. The molecule has 0 saturated carbocycles. The Morgan fingerprint density at radius 3 is 2.76 bits per heavy atom. The summed E-state index contributed by atoms with van der Waals surface area (Å²) in [5.74, 6) is -0.563. The first-order valence-electron chi connectivity index (χ1n) is 10.1. The van der Waals surface area contributed by atoms with Crippen LogP contribution in [-0.2, 0) is 19.8 Å². The zero-order chi connectivity index (χ0) is 23.7. The molecule has 0 unspecified atom stereocenters. The summed E-state index contributed by atoms with van der Waals surface area (Å²) in [7, 11) is 0. The number of nitrogens with one attached hydrogen (secondary N) is 1. The number of benzene rings is 1. The van der Waals surface area contributed by atoms with Gasteiger partial charge in [0, 0.05) is 30.0 Å². The van der Waals surface area contributed by atoms with Crippen LogP contribution in [0.3, 0.4) is 0 Å². The van der Waals surface area contributed by atoms with Crippen molar-refractivity contribution >= 4 is 34.2 Å². The molecular formula is C23H21ClF2N6O. The van der Waals surface area contributed by atoms with E-state index in [0.717, 1.165) is 11.1 Å². The van der Waals surface area contributed by atoms with Crippen molar-refractivity contribution in [2.75, 3.05) is 5.73 Å². The van der Waals surface area contributed by atoms with Gasteiger partial charge < -0.3 is 11.1 Å². The standard InChI is InChI=1S/C23H21ClF2N6O/c1-12-3-21(27)30-13(2)17(12)9-29-23(33)18-11-32(31-20(18)7-25)10-14-4-15-6-16(24)8-28-22(15)19(26)5-14/h3-6,8,11H,7,9-10H2,1-2H3,(H2,27,30)(H,29,33). The number of aromatic nitrogens is 4. The van der Waals surface area contributed by atoms with Crippen molar-refractivity contribution in [2.24, 2.45) is 0 Å². The molecule has 7 nitrogen and oxygen atoms in total. The Kier molecular flexibility index (Phi) is 6.24. The maximum absolute atomic E-state index is 14.4. The summed E-state index contributed by atoms with van der Waals surface area (Å²) in [5, 5.41) is 7.87. The molecule has 3 heterocycles. The van der Waals surface area contributed by atoms with E-state index in [9.17, 15) is 13.6 Å². The summed E-state index contributed by atoms with van der Waals surface area (Å²) in [5.41, 5.74) is 9.08. The summed E-state index contributed by atoms with van der Waals surface area (Å²) in [6, 6.07) is 6.40. The van der Waals surface area contributed by atoms with E-state index in [2.05, 4.69) is 20.4 Å². The first-order valence-corrected chi connectivity index (χ1v) is 10.5. The van der Waals surface area contributed by atoms with E-state index < -0.39 is 18.4 Å². The Hall–Kier alpha value is -3.59. The van der Waals surface area contributed by atoms with Crippen molar-refractivity contribution in [3.05, 3.63) is 81.1 Å². The fraction of sp³-hybridized carbons (Fsp3) is 0.217. The molecule has 0 saturated heterocycles. The lowest BCUT2D eigenvalue weighted by Gasteiger charge is -2.11. The number of halogens is 3. The average Bonchev–Trinajstić information content (AvgIpc) is 3.15. The van der Waals surface area contributed by atoms with Crippen LogP contribution >= 0.6 is 11.6 Å². The first-order chi connectivity index (χ1) is 15.7. The quantitative estimate of drug-likeness (QED) is 0.438. The van der Waals surface area contributed by atoms with Crippen LogP contribution < -0.4 is 11.1 Å². The van der Waals surface area contributed by atoms with Crippen LogP contribution in [0.25, 0.3) is 10.9 Å². The smallest absolute Gasteiger partial charge is 0.255 e. The lowest BCUT2D eigenvalue weighted by molar-refractivity contribution is 0.0949. The van der Waals surface area contributed by atoms with Crippen molar-refractivity contribution in [1.82, 2.24) is 25.1 Å². The molecule has 1 amide bonds. The number of fused-ring (bicyclic) bond motifs is 1. The molecule has 3 N–H and O–H groups in total. The van der Waals surface area contributed by atoms with Crippen LogP contribution in [0.2, 0.25) is 5.02 Å². The number of carbonyl (C=O) groups excluding carboxylic acids is 1. The monoisotopic (exact) mass is 470 g/mol. The number of alkyl halides is 1. The maximum Gasteiger partial charge on any atom is 0.255 e. The van der Waals surface area contributed by atoms with Gasteiger partial charge in [0.1, 0.15) is 29.5 Å². The minimum Gasteiger partial charge on any atom is -0.384 e. The maximum atomic E-state index is 14.4. The van der Waals surface area contributed by atoms with Crippen LogP contribution in [0.1, 0.15) is 38.4 Å². The van der Waals surface area contributed by atoms with Crippen molar-refractivity contribution in [1.29, 1.82) is 0 Å². The van der Waals surface area contributed by atoms with Gasteiger partial charge in [0.15, 0.2) is 0 Å². The van der Waals surface area contributed by atoms with Gasteiger partial charge in [-0.15, -0.1) is 0 Å². The molecule has 0 radical (unpaired) electrons. The van der Waals surface area contributed by atoms with Gasteiger partial charge in [-0.1, -0.05) is 11.6 Å². The van der Waals surface area contributed by atoms with Crippen molar-refractivity contribution in [3.8, 4) is 0 Å². The van der Waals surface area contributed by atoms with E-state index in [-0.39, 0.29) is 29.9 Å². The molecule has 0 fully saturated rings. The second kappa shape index (κ2) is 9.11. The van der Waals surface area contributed by atoms with E-state index >= 15 is 0 Å². The third kappa shape index (κ3) is 4.78. The van der Waals surface area contributed by atoms with Crippen molar-refractivity contribution in [3.63, 3.8) is 0 Å². The van der Waals surface area contributed by atoms with Gasteiger partial charge in [0.25, 0.3) is 5.91 Å². The number of anilines is 1. The lowest BCUT2D eigenvalue weighted by atomic mass is 10.1. The van der Waals surface area contributed by atoms with E-state index in [0.29, 0.717) is 27.5 Å². The molecule has 4 aromatic rings. The Morgan fingerprint density at radius 1 is 1.24 bits per heavy atom. The average molecular weight is 471 g/mol. The zero-order valence-corrected chi connectivity index (χ0v) is 18.7. The highest BCUT2D eigenvalue weighted by molar-refractivity contribution is 6.31. The molecule has 170 valence electrons. The number of nitrogens with two attached hydrogens (primary N) is 1. The van der Waals surface area contributed by atoms with E-state index in [1.54, 1.807) is 25.1 Å². The minimum atomic E-state index is -0.914. The zero-order valence-electron chi connectivity index (χ0n) is 18.0. The fourth-order valence-electron chi connectivity index (χ4n) is 3.77. The normalized spacial score (nSPS) is 11.2. The number of rotatable bonds is 6. The second-order valence-corrected chi connectivity index (χ2v) is 8.17. The summed E-state index contributed by atoms with van der Waals surface area (Å²) in [4.78, 5) is 21.0. The highest BCUT2D eigenvalue weighted by Gasteiger charge is 2.18. The number of pyridine rings is 2. The third-order valence-corrected chi connectivity index (χ3v) is 5.52. The van der Waals surface area contributed by atoms with Gasteiger partial charge in [-0.05, 0) is 54.8 Å². The number of aryl methyl sites for hydroxylation is 2. The van der Waals surface area contributed by atoms with Crippen LogP contribution in [-0.4, -0.2) is 25.7 Å². The van der Waals surface area contributed by atoms with Gasteiger partial charge in [-0.2, -0.15) is 5.10 Å². The second-order valence-electron chi connectivity index (χ2n) is 7.73. The van der Waals surface area contributed by atoms with Crippen LogP contribution in [0.4, 0.5) is 14.6 Å². The van der Waals surface area contributed by atoms with Crippen molar-refractivity contribution < 1.29 is 13.6 Å². The molecule has 4 rings (SSSR count). The van der Waals surface area contributed by atoms with E-state index in [4.69, 9.17) is 17.3 Å². The third-order valence-electron chi connectivity index (χ3n) is 5.32. The number of hydrogen-bond acceptors (Lipinski definition) is 5. The predicted molar refractivity (Wildman–Crippen MR) is 122 cm³/mol. The molecule has 0 atom stereocenters. The van der Waals surface area contributed by atoms with E-state index in [1.165, 1.54) is 23.1 Å². The molecule has 0 bridgehead atoms. The molecule has 0 aliphatic carbocycles. The summed E-state index contributed by atoms with van der Waals surface area (Å²) < 4.78 is 29.4. The lowest BCUT2D eigenvalue weighted by Crippen LogP contribution is -2.24. The van der Waals surface area contributed by atoms with Gasteiger partial charge in [0.05, 0.1) is 17.1 Å². The van der Waals surface area contributed by atoms with Gasteiger partial charge in [-0.25, -0.2) is 13.8 Å². The van der Waals surface area contributed by atoms with Gasteiger partial charge >= 0.3 is 0 Å². The van der Waals surface area contributed by atoms with Crippen LogP contribution in [0, 0.1) is 19.7 Å². The SMILES string of the molecule is Cc1cc(N)nc(C)c1CNC(=O)c1cn(Cc2cc(F)c3ncc(Cl)cc3c2)nc1CF. The molecule has 0 spiro atoms. The van der Waals surface area contributed by atoms with Gasteiger partial charge in [-0.3, -0.25) is 14.5 Å². The largest absolute Gasteiger partial charge is 0.384 e. The van der Waals surface area contributed by atoms with Crippen molar-refractivity contribution in [2.45, 2.75) is 33.6 Å². The number of nitrogens with zero attached hydrogens (tertiary/aromatic N) is 4. The molecule has 0 aliphatic rings. The highest BCUT2D eigenvalue weighted by atomic mass is 35.5. The number of hydrogen-bond donors (Lipinski definition) is 2. The number of nitrogen functional groups attached to an aromatic ring is 1. The molecule has 10 heteroatoms. The minimum absolute atomic E-state index is 0.00217. The number of amides is 1. The number of carbonyl (C=O) groups is 1. The Morgan fingerprint density at radius 2 is 2.03 bits per heavy atom. The van der Waals surface area contributed by atoms with Gasteiger partial charge in [0.2, 0.25) is 0 Å². The van der Waals surface area contributed by atoms with E-state index in [1.807, 2.05) is 6.92 Å². The Balaban J connectivity index is 1.55. The fourth-order valence-corrected chi connectivity index (χ4v) is 3.93. The van der Waals surface area contributed by atoms with Crippen LogP contribution in [0.15, 0.2) is 36.7 Å². The molecular weight excluding hydrogens is 450 g/mol. The summed E-state index contributed by atoms with van der Waals surface area (Å²) in [6.07, 6.45) is 2.82. The molecule has 0 aliphatic heterocycles. The topological polar surface area (TPSA) is 98.7 Å². The summed E-state index contributed by atoms with van der Waals surface area (Å²) in [6.45, 7) is 3.12. The van der Waals surface area contributed by atoms with Crippen LogP contribution in [0.5, 0.6) is 0 Å².